The number of aromatic nitrogens is 3. The van der Waals surface area contributed by atoms with Crippen LogP contribution >= 0.6 is 0 Å². The number of carbonyl (C=O) groups is 2. The minimum Gasteiger partial charge on any atom is -0.394 e. The van der Waals surface area contributed by atoms with Gasteiger partial charge in [-0.1, -0.05) is 55.0 Å². The van der Waals surface area contributed by atoms with E-state index in [1.165, 1.54) is 10.5 Å². The molecule has 370 valence electrons. The van der Waals surface area contributed by atoms with Crippen molar-refractivity contribution in [2.24, 2.45) is 16.5 Å². The van der Waals surface area contributed by atoms with Crippen LogP contribution in [0, 0.1) is 0 Å². The van der Waals surface area contributed by atoms with Crippen LogP contribution in [0.1, 0.15) is 60.1 Å². The van der Waals surface area contributed by atoms with Gasteiger partial charge < -0.3 is 78.6 Å². The van der Waals surface area contributed by atoms with Gasteiger partial charge in [0.25, 0.3) is 5.91 Å². The number of nitrogen functional groups attached to an aromatic ring is 1. The number of rotatable bonds is 29. The third-order valence-corrected chi connectivity index (χ3v) is 11.3. The highest BCUT2D eigenvalue weighted by atomic mass is 16.4. The largest absolute Gasteiger partial charge is 0.394 e. The van der Waals surface area contributed by atoms with E-state index in [0.717, 1.165) is 42.4 Å². The maximum atomic E-state index is 12.7. The number of aromatic amines is 1. The Bertz CT molecular complexity index is 2100. The third kappa shape index (κ3) is 17.1. The number of H-pyrrole nitrogens is 1. The molecule has 67 heavy (non-hydrogen) atoms. The van der Waals surface area contributed by atoms with E-state index in [9.17, 15) is 50.4 Å². The molecule has 0 saturated carbocycles. The van der Waals surface area contributed by atoms with E-state index < -0.39 is 74.0 Å². The van der Waals surface area contributed by atoms with E-state index in [2.05, 4.69) is 79.1 Å². The lowest BCUT2D eigenvalue weighted by atomic mass is 9.99. The number of anilines is 1. The molecule has 9 atom stereocenters. The zero-order valence-corrected chi connectivity index (χ0v) is 37.4. The SMILES string of the molecule is NC(=NCCCCc1ccc(-c2ccc(CCCNC(=O)[C@@H](N)CCCCN(C[C@H](O)[C@@H](O)[C@H](O)[C@H](O)CO)C[C@H](O)[C@@H](O)[C@H](O)[C@H](O)CO)cc2)cc1)NC(=O)c1nc2cc[nH]c2nc1N. The number of hydrogen-bond donors (Lipinski definition) is 16. The number of aliphatic hydroxyl groups is 10. The zero-order chi connectivity index (χ0) is 49.0. The first-order valence-corrected chi connectivity index (χ1v) is 22.3. The average molecular weight is 941 g/mol. The lowest BCUT2D eigenvalue weighted by Gasteiger charge is -2.33. The Balaban J connectivity index is 1.13. The molecule has 0 unspecified atom stereocenters. The zero-order valence-electron chi connectivity index (χ0n) is 37.4. The molecular weight excluding hydrogens is 873 g/mol. The summed E-state index contributed by atoms with van der Waals surface area (Å²) in [5.41, 5.74) is 23.3. The number of aliphatic hydroxyl groups excluding tert-OH is 10. The Morgan fingerprint density at radius 2 is 1.24 bits per heavy atom. The number of carbonyl (C=O) groups excluding carboxylic acids is 2. The van der Waals surface area contributed by atoms with Crippen LogP contribution in [0.15, 0.2) is 65.8 Å². The number of aliphatic imine (C=N–C) groups is 1. The number of aryl methyl sites for hydroxylation is 2. The van der Waals surface area contributed by atoms with E-state index in [4.69, 9.17) is 27.4 Å². The van der Waals surface area contributed by atoms with Crippen molar-refractivity contribution < 1.29 is 60.7 Å². The number of hydrogen-bond acceptors (Lipinski definition) is 18. The maximum absolute atomic E-state index is 12.7. The Labute approximate surface area is 388 Å². The molecule has 0 aliphatic carbocycles. The number of nitrogens with zero attached hydrogens (tertiary/aromatic N) is 4. The quantitative estimate of drug-likeness (QED) is 0.0146. The molecule has 0 fully saturated rings. The van der Waals surface area contributed by atoms with Gasteiger partial charge in [-0.15, -0.1) is 0 Å². The van der Waals surface area contributed by atoms with Crippen LogP contribution in [0.3, 0.4) is 0 Å². The van der Waals surface area contributed by atoms with Gasteiger partial charge in [0, 0.05) is 32.4 Å². The molecule has 2 amide bonds. The molecule has 4 aromatic rings. The summed E-state index contributed by atoms with van der Waals surface area (Å²) in [5.74, 6) is -0.947. The van der Waals surface area contributed by atoms with Gasteiger partial charge in [0.15, 0.2) is 23.1 Å². The van der Waals surface area contributed by atoms with E-state index in [-0.39, 0.29) is 49.4 Å². The second-order valence-electron chi connectivity index (χ2n) is 16.6. The number of nitrogens with one attached hydrogen (secondary N) is 3. The summed E-state index contributed by atoms with van der Waals surface area (Å²) in [6.07, 6.45) is -7.75. The van der Waals surface area contributed by atoms with Crippen LogP contribution < -0.4 is 27.8 Å². The molecule has 0 bridgehead atoms. The van der Waals surface area contributed by atoms with E-state index in [0.29, 0.717) is 43.5 Å². The fraction of sp³-hybridized carbons (Fsp3) is 0.533. The Morgan fingerprint density at radius 3 is 1.79 bits per heavy atom. The summed E-state index contributed by atoms with van der Waals surface area (Å²) < 4.78 is 0. The van der Waals surface area contributed by atoms with Crippen molar-refractivity contribution in [2.45, 2.75) is 106 Å². The number of fused-ring (bicyclic) bond motifs is 1. The van der Waals surface area contributed by atoms with Gasteiger partial charge in [0.1, 0.15) is 42.1 Å². The van der Waals surface area contributed by atoms with Crippen LogP contribution in [0.2, 0.25) is 0 Å². The third-order valence-electron chi connectivity index (χ3n) is 11.3. The summed E-state index contributed by atoms with van der Waals surface area (Å²) in [7, 11) is 0. The highest BCUT2D eigenvalue weighted by Gasteiger charge is 2.34. The molecule has 22 heteroatoms. The smallest absolute Gasteiger partial charge is 0.280 e. The van der Waals surface area contributed by atoms with Crippen LogP contribution in [-0.2, 0) is 17.6 Å². The first-order chi connectivity index (χ1) is 32.0. The Kier molecular flexibility index (Phi) is 22.4. The van der Waals surface area contributed by atoms with E-state index >= 15 is 0 Å². The van der Waals surface area contributed by atoms with Gasteiger partial charge in [0.05, 0.1) is 31.5 Å². The lowest BCUT2D eigenvalue weighted by Crippen LogP contribution is -2.53. The Morgan fingerprint density at radius 1 is 0.701 bits per heavy atom. The fourth-order valence-electron chi connectivity index (χ4n) is 7.23. The molecule has 0 saturated heterocycles. The van der Waals surface area contributed by atoms with Gasteiger partial charge in [-0.2, -0.15) is 0 Å². The van der Waals surface area contributed by atoms with Crippen molar-refractivity contribution in [3.8, 4) is 11.1 Å². The molecule has 19 N–H and O–H groups in total. The van der Waals surface area contributed by atoms with Gasteiger partial charge in [-0.05, 0) is 79.8 Å². The van der Waals surface area contributed by atoms with Gasteiger partial charge in [-0.3, -0.25) is 24.8 Å². The van der Waals surface area contributed by atoms with Crippen LogP contribution in [0.25, 0.3) is 22.3 Å². The van der Waals surface area contributed by atoms with E-state index in [1.807, 2.05) is 0 Å². The Hall–Kier alpha value is -5.21. The number of nitrogens with two attached hydrogens (primary N) is 3. The fourth-order valence-corrected chi connectivity index (χ4v) is 7.23. The van der Waals surface area contributed by atoms with Crippen molar-refractivity contribution in [1.29, 1.82) is 0 Å². The van der Waals surface area contributed by atoms with Crippen LogP contribution in [-0.4, -0.2) is 190 Å². The highest BCUT2D eigenvalue weighted by molar-refractivity contribution is 6.07. The minimum atomic E-state index is -1.89. The summed E-state index contributed by atoms with van der Waals surface area (Å²) >= 11 is 0. The predicted molar refractivity (Wildman–Crippen MR) is 249 cm³/mol. The van der Waals surface area contributed by atoms with Gasteiger partial charge in [-0.25, -0.2) is 9.97 Å². The van der Waals surface area contributed by atoms with Crippen LogP contribution in [0.5, 0.6) is 0 Å². The monoisotopic (exact) mass is 941 g/mol. The minimum absolute atomic E-state index is 0.0147. The molecule has 0 aliphatic heterocycles. The second-order valence-corrected chi connectivity index (χ2v) is 16.6. The highest BCUT2D eigenvalue weighted by Crippen LogP contribution is 2.22. The molecule has 4 rings (SSSR count). The molecular formula is C45H68N10O12. The normalized spacial score (nSPS) is 16.2. The van der Waals surface area contributed by atoms with Crippen LogP contribution in [0.4, 0.5) is 5.82 Å². The maximum Gasteiger partial charge on any atom is 0.280 e. The number of benzene rings is 2. The molecule has 2 aromatic carbocycles. The van der Waals surface area contributed by atoms with Crippen molar-refractivity contribution in [3.63, 3.8) is 0 Å². The first-order valence-electron chi connectivity index (χ1n) is 22.3. The molecule has 0 radical (unpaired) electrons. The first kappa shape index (κ1) is 54.4. The van der Waals surface area contributed by atoms with Crippen molar-refractivity contribution >= 4 is 34.8 Å². The molecule has 22 nitrogen and oxygen atoms in total. The van der Waals surface area contributed by atoms with E-state index in [1.54, 1.807) is 12.3 Å². The molecule has 0 spiro atoms. The summed E-state index contributed by atoms with van der Waals surface area (Å²) in [6, 6.07) is 17.4. The number of unbranched alkanes of at least 4 members (excludes halogenated alkanes) is 2. The van der Waals surface area contributed by atoms with Gasteiger partial charge in [0.2, 0.25) is 5.91 Å². The number of amides is 2. The average Bonchev–Trinajstić information content (AvgIpc) is 3.79. The number of guanidine groups is 1. The van der Waals surface area contributed by atoms with Crippen molar-refractivity contribution in [1.82, 2.24) is 30.5 Å². The summed E-state index contributed by atoms with van der Waals surface area (Å²) in [5, 5.41) is 105. The topological polar surface area (TPSA) is 396 Å². The summed E-state index contributed by atoms with van der Waals surface area (Å²) in [6.45, 7) is -1.54. The molecule has 2 aromatic heterocycles. The predicted octanol–water partition coefficient (Wildman–Crippen LogP) is -3.01. The lowest BCUT2D eigenvalue weighted by molar-refractivity contribution is -0.130. The molecule has 2 heterocycles. The second kappa shape index (κ2) is 27.6. The van der Waals surface area contributed by atoms with Crippen molar-refractivity contribution in [3.05, 3.63) is 77.6 Å². The van der Waals surface area contributed by atoms with Crippen molar-refractivity contribution in [2.75, 3.05) is 51.7 Å². The standard InChI is InChI=1S/C45H68N10O12/c46-30(8-2-4-21-55(22-32(58)37(62)39(64)34(60)24-56)23-33(59)38(63)40(65)35(61)25-57)43(66)50-19-5-7-27-11-15-29(16-12-27)28-13-9-26(10-14-28)6-1-3-18-51-45(48)54-44(67)36-41(47)53-42-31(52-36)17-20-49-42/h9-17,20,30,32-35,37-40,56-65H,1-8,18-19,21-25,46H2,(H,50,66)(H3,47,49,53)(H3,48,51,54,67)/t30-,32-,33-,34+,35+,37+,38+,39+,40+/m0/s1. The van der Waals surface area contributed by atoms with Gasteiger partial charge >= 0.3 is 0 Å². The summed E-state index contributed by atoms with van der Waals surface area (Å²) in [4.78, 5) is 42.2. The molecule has 0 aliphatic rings.